The van der Waals surface area contributed by atoms with Gasteiger partial charge in [-0.3, -0.25) is 0 Å². The van der Waals surface area contributed by atoms with E-state index in [0.29, 0.717) is 0 Å². The second-order valence-corrected chi connectivity index (χ2v) is 5.87. The second-order valence-electron chi connectivity index (χ2n) is 3.79. The van der Waals surface area contributed by atoms with Crippen LogP contribution in [0.5, 0.6) is 0 Å². The first-order chi connectivity index (χ1) is 7.74. The molecule has 0 saturated carbocycles. The average Bonchev–Trinajstić information content (AvgIpc) is 2.24. The number of benzene rings is 1. The van der Waals surface area contributed by atoms with Crippen LogP contribution in [0.25, 0.3) is 0 Å². The zero-order chi connectivity index (χ0) is 12.8. The number of fused-ring (bicyclic) bond motifs is 1. The van der Waals surface area contributed by atoms with Gasteiger partial charge in [0.2, 0.25) is 0 Å². The van der Waals surface area contributed by atoms with Gasteiger partial charge in [-0.25, -0.2) is 22.0 Å². The van der Waals surface area contributed by atoms with Crippen molar-refractivity contribution in [2.75, 3.05) is 5.75 Å². The third-order valence-electron chi connectivity index (χ3n) is 2.64. The predicted octanol–water partition coefficient (Wildman–Crippen LogP) is 1.65. The highest BCUT2D eigenvalue weighted by Gasteiger charge is 2.43. The van der Waals surface area contributed by atoms with E-state index >= 15 is 0 Å². The fourth-order valence-electron chi connectivity index (χ4n) is 1.73. The van der Waals surface area contributed by atoms with Crippen molar-refractivity contribution in [3.05, 3.63) is 29.3 Å². The van der Waals surface area contributed by atoms with Crippen LogP contribution in [0.2, 0.25) is 0 Å². The summed E-state index contributed by atoms with van der Waals surface area (Å²) >= 11 is 0. The Balaban J connectivity index is 2.73. The van der Waals surface area contributed by atoms with Gasteiger partial charge in [0.25, 0.3) is 5.92 Å². The van der Waals surface area contributed by atoms with Crippen LogP contribution in [-0.4, -0.2) is 25.2 Å². The van der Waals surface area contributed by atoms with E-state index in [1.807, 2.05) is 0 Å². The van der Waals surface area contributed by atoms with Gasteiger partial charge in [-0.15, -0.1) is 0 Å². The van der Waals surface area contributed by atoms with E-state index in [9.17, 15) is 22.0 Å². The van der Waals surface area contributed by atoms with Crippen molar-refractivity contribution in [3.8, 4) is 0 Å². The molecular weight excluding hydrogens is 254 g/mol. The standard InChI is InChI=1S/C10H8F2O4S/c11-10(12)3-4-17(15,16)8-2-1-6(9(13)14)5-7(8)10/h1-2,5H,3-4H2,(H,13,14). The third-order valence-corrected chi connectivity index (χ3v) is 4.41. The van der Waals surface area contributed by atoms with Crippen molar-refractivity contribution in [2.24, 2.45) is 0 Å². The highest BCUT2D eigenvalue weighted by atomic mass is 32.2. The molecule has 0 saturated heterocycles. The first kappa shape index (κ1) is 12.0. The van der Waals surface area contributed by atoms with E-state index in [2.05, 4.69) is 0 Å². The number of carboxylic acids is 1. The Morgan fingerprint density at radius 1 is 1.35 bits per heavy atom. The number of aromatic carboxylic acids is 1. The van der Waals surface area contributed by atoms with Gasteiger partial charge < -0.3 is 5.11 Å². The number of halogens is 2. The minimum absolute atomic E-state index is 0.347. The number of hydrogen-bond donors (Lipinski definition) is 1. The normalized spacial score (nSPS) is 20.6. The third kappa shape index (κ3) is 1.90. The van der Waals surface area contributed by atoms with Crippen LogP contribution in [0.3, 0.4) is 0 Å². The number of carboxylic acid groups (broad SMARTS) is 1. The molecule has 0 aromatic heterocycles. The molecule has 0 radical (unpaired) electrons. The number of sulfone groups is 1. The van der Waals surface area contributed by atoms with Crippen LogP contribution in [0, 0.1) is 0 Å². The van der Waals surface area contributed by atoms with E-state index in [0.717, 1.165) is 18.2 Å². The molecule has 1 heterocycles. The summed E-state index contributed by atoms with van der Waals surface area (Å²) in [6.07, 6.45) is -0.814. The minimum Gasteiger partial charge on any atom is -0.478 e. The van der Waals surface area contributed by atoms with Gasteiger partial charge in [-0.1, -0.05) is 0 Å². The van der Waals surface area contributed by atoms with Gasteiger partial charge in [0, 0.05) is 12.0 Å². The molecule has 17 heavy (non-hydrogen) atoms. The molecule has 0 atom stereocenters. The van der Waals surface area contributed by atoms with Gasteiger partial charge in [0.1, 0.15) is 0 Å². The fraction of sp³-hybridized carbons (Fsp3) is 0.300. The van der Waals surface area contributed by atoms with Crippen LogP contribution >= 0.6 is 0 Å². The lowest BCUT2D eigenvalue weighted by atomic mass is 10.0. The molecule has 0 spiro atoms. The van der Waals surface area contributed by atoms with Gasteiger partial charge in [-0.2, -0.15) is 0 Å². The lowest BCUT2D eigenvalue weighted by Gasteiger charge is -2.25. The molecule has 1 aromatic rings. The molecule has 0 bridgehead atoms. The first-order valence-electron chi connectivity index (χ1n) is 4.72. The van der Waals surface area contributed by atoms with Crippen LogP contribution in [0.15, 0.2) is 23.1 Å². The van der Waals surface area contributed by atoms with Crippen molar-refractivity contribution in [2.45, 2.75) is 17.2 Å². The summed E-state index contributed by atoms with van der Waals surface area (Å²) in [7, 11) is -3.73. The minimum atomic E-state index is -3.73. The molecule has 4 nitrogen and oxygen atoms in total. The predicted molar refractivity (Wildman–Crippen MR) is 54.0 cm³/mol. The lowest BCUT2D eigenvalue weighted by Crippen LogP contribution is -2.28. The van der Waals surface area contributed by atoms with Crippen molar-refractivity contribution in [3.63, 3.8) is 0 Å². The molecule has 92 valence electrons. The second kappa shape index (κ2) is 3.49. The van der Waals surface area contributed by atoms with Crippen molar-refractivity contribution >= 4 is 15.8 Å². The Bertz CT molecular complexity index is 592. The van der Waals surface area contributed by atoms with Gasteiger partial charge in [0.05, 0.1) is 16.2 Å². The van der Waals surface area contributed by atoms with Gasteiger partial charge in [0.15, 0.2) is 9.84 Å². The number of carbonyl (C=O) groups is 1. The number of rotatable bonds is 1. The molecule has 7 heteroatoms. The summed E-state index contributed by atoms with van der Waals surface area (Å²) in [5.41, 5.74) is -1.07. The molecule has 0 aliphatic carbocycles. The largest absolute Gasteiger partial charge is 0.478 e. The first-order valence-corrected chi connectivity index (χ1v) is 6.38. The van der Waals surface area contributed by atoms with Gasteiger partial charge >= 0.3 is 5.97 Å². The molecule has 0 fully saturated rings. The molecule has 1 aromatic carbocycles. The Kier molecular flexibility index (Phi) is 2.46. The quantitative estimate of drug-likeness (QED) is 0.835. The lowest BCUT2D eigenvalue weighted by molar-refractivity contribution is -0.0127. The Hall–Kier alpha value is -1.50. The maximum absolute atomic E-state index is 13.5. The van der Waals surface area contributed by atoms with Crippen molar-refractivity contribution in [1.29, 1.82) is 0 Å². The molecular formula is C10H8F2O4S. The maximum atomic E-state index is 13.5. The number of alkyl halides is 2. The summed E-state index contributed by atoms with van der Waals surface area (Å²) < 4.78 is 50.2. The van der Waals surface area contributed by atoms with Crippen molar-refractivity contribution in [1.82, 2.24) is 0 Å². The van der Waals surface area contributed by atoms with E-state index in [-0.39, 0.29) is 5.56 Å². The Morgan fingerprint density at radius 3 is 2.59 bits per heavy atom. The smallest absolute Gasteiger partial charge is 0.335 e. The summed E-state index contributed by atoms with van der Waals surface area (Å²) in [5.74, 6) is -5.29. The highest BCUT2D eigenvalue weighted by Crippen LogP contribution is 2.41. The molecule has 1 aliphatic heterocycles. The van der Waals surface area contributed by atoms with Crippen LogP contribution < -0.4 is 0 Å². The van der Waals surface area contributed by atoms with E-state index < -0.39 is 44.4 Å². The topological polar surface area (TPSA) is 71.4 Å². The van der Waals surface area contributed by atoms with Gasteiger partial charge in [-0.05, 0) is 18.2 Å². The molecule has 2 rings (SSSR count). The number of hydrogen-bond acceptors (Lipinski definition) is 3. The van der Waals surface area contributed by atoms with Crippen LogP contribution in [0.1, 0.15) is 22.3 Å². The summed E-state index contributed by atoms with van der Waals surface area (Å²) in [6, 6.07) is 2.68. The van der Waals surface area contributed by atoms with Crippen molar-refractivity contribution < 1.29 is 27.1 Å². The molecule has 1 N–H and O–H groups in total. The monoisotopic (exact) mass is 262 g/mol. The SMILES string of the molecule is O=C(O)c1ccc2c(c1)C(F)(F)CCS2(=O)=O. The van der Waals surface area contributed by atoms with E-state index in [1.165, 1.54) is 0 Å². The van der Waals surface area contributed by atoms with E-state index in [1.54, 1.807) is 0 Å². The summed E-state index contributed by atoms with van der Waals surface area (Å²) in [4.78, 5) is 10.2. The summed E-state index contributed by atoms with van der Waals surface area (Å²) in [5, 5.41) is 8.69. The average molecular weight is 262 g/mol. The maximum Gasteiger partial charge on any atom is 0.335 e. The molecule has 1 aliphatic rings. The Labute approximate surface area is 95.8 Å². The zero-order valence-corrected chi connectivity index (χ0v) is 9.30. The van der Waals surface area contributed by atoms with Crippen LogP contribution in [0.4, 0.5) is 8.78 Å². The fourth-order valence-corrected chi connectivity index (χ4v) is 3.29. The zero-order valence-electron chi connectivity index (χ0n) is 8.48. The Morgan fingerprint density at radius 2 is 2.00 bits per heavy atom. The van der Waals surface area contributed by atoms with E-state index in [4.69, 9.17) is 5.11 Å². The van der Waals surface area contributed by atoms with Crippen LogP contribution in [-0.2, 0) is 15.8 Å². The highest BCUT2D eigenvalue weighted by molar-refractivity contribution is 7.91. The summed E-state index contributed by atoms with van der Waals surface area (Å²) in [6.45, 7) is 0. The molecule has 0 amide bonds. The molecule has 0 unspecified atom stereocenters.